The summed E-state index contributed by atoms with van der Waals surface area (Å²) in [6.07, 6.45) is 0. The van der Waals surface area contributed by atoms with Gasteiger partial charge < -0.3 is 5.32 Å². The lowest BCUT2D eigenvalue weighted by Gasteiger charge is -2.04. The van der Waals surface area contributed by atoms with Crippen molar-refractivity contribution in [3.8, 4) is 0 Å². The maximum absolute atomic E-state index is 11.7. The molecule has 0 spiro atoms. The van der Waals surface area contributed by atoms with Crippen molar-refractivity contribution in [1.82, 2.24) is 15.2 Å². The average Bonchev–Trinajstić information content (AvgIpc) is 2.43. The summed E-state index contributed by atoms with van der Waals surface area (Å²) in [5.74, 6) is -0.0147. The van der Waals surface area contributed by atoms with Crippen LogP contribution < -0.4 is 10.9 Å². The first-order valence-corrected chi connectivity index (χ1v) is 7.73. The minimum atomic E-state index is -0.291. The minimum Gasteiger partial charge on any atom is -0.325 e. The minimum absolute atomic E-state index is 0.152. The second kappa shape index (κ2) is 6.84. The molecule has 0 aliphatic heterocycles. The molecule has 1 aromatic heterocycles. The monoisotopic (exact) mass is 402 g/mol. The summed E-state index contributed by atoms with van der Waals surface area (Å²) >= 11 is 3.33. The van der Waals surface area contributed by atoms with Crippen LogP contribution in [-0.4, -0.2) is 26.8 Å². The number of amides is 1. The summed E-state index contributed by atoms with van der Waals surface area (Å²) < 4.78 is 1.10. The van der Waals surface area contributed by atoms with E-state index in [2.05, 4.69) is 43.1 Å². The molecular formula is C12H11IN4O2S. The third-order valence-corrected chi connectivity index (χ3v) is 3.89. The second-order valence-corrected chi connectivity index (χ2v) is 6.10. The number of thioether (sulfide) groups is 1. The van der Waals surface area contributed by atoms with E-state index in [0.717, 1.165) is 21.0 Å². The molecule has 2 rings (SSSR count). The molecule has 0 saturated carbocycles. The van der Waals surface area contributed by atoms with Crippen molar-refractivity contribution < 1.29 is 4.79 Å². The number of halogens is 1. The zero-order chi connectivity index (χ0) is 14.5. The van der Waals surface area contributed by atoms with Crippen molar-refractivity contribution in [3.63, 3.8) is 0 Å². The number of nitrogens with zero attached hydrogens (tertiary/aromatic N) is 2. The van der Waals surface area contributed by atoms with Gasteiger partial charge in [0.2, 0.25) is 5.91 Å². The number of carbonyl (C=O) groups excluding carboxylic acids is 1. The summed E-state index contributed by atoms with van der Waals surface area (Å²) in [5, 5.41) is 10.6. The van der Waals surface area contributed by atoms with E-state index >= 15 is 0 Å². The Labute approximate surface area is 132 Å². The average molecular weight is 402 g/mol. The number of carbonyl (C=O) groups is 1. The fraction of sp³-hybridized carbons (Fsp3) is 0.167. The van der Waals surface area contributed by atoms with Gasteiger partial charge in [-0.1, -0.05) is 11.8 Å². The van der Waals surface area contributed by atoms with E-state index in [1.807, 2.05) is 24.3 Å². The predicted octanol–water partition coefficient (Wildman–Crippen LogP) is 1.81. The van der Waals surface area contributed by atoms with Gasteiger partial charge in [-0.15, -0.1) is 10.2 Å². The van der Waals surface area contributed by atoms with Crippen LogP contribution in [0.25, 0.3) is 0 Å². The molecule has 0 atom stereocenters. The normalized spacial score (nSPS) is 10.3. The van der Waals surface area contributed by atoms with Gasteiger partial charge in [0, 0.05) is 9.26 Å². The molecule has 6 nitrogen and oxygen atoms in total. The van der Waals surface area contributed by atoms with Gasteiger partial charge in [-0.05, 0) is 53.8 Å². The highest BCUT2D eigenvalue weighted by Crippen LogP contribution is 2.13. The van der Waals surface area contributed by atoms with E-state index in [4.69, 9.17) is 0 Å². The van der Waals surface area contributed by atoms with Crippen molar-refractivity contribution >= 4 is 45.9 Å². The van der Waals surface area contributed by atoms with Crippen molar-refractivity contribution in [3.05, 3.63) is 43.9 Å². The van der Waals surface area contributed by atoms with Crippen LogP contribution in [0.1, 0.15) is 5.69 Å². The van der Waals surface area contributed by atoms with E-state index in [1.165, 1.54) is 0 Å². The maximum Gasteiger partial charge on any atom is 0.273 e. The number of nitrogens with one attached hydrogen (secondary N) is 2. The second-order valence-electron chi connectivity index (χ2n) is 3.89. The number of aryl methyl sites for hydroxylation is 1. The van der Waals surface area contributed by atoms with Crippen LogP contribution in [0, 0.1) is 10.5 Å². The number of aromatic amines is 1. The molecule has 2 aromatic rings. The molecule has 104 valence electrons. The highest BCUT2D eigenvalue weighted by atomic mass is 127. The number of anilines is 1. The van der Waals surface area contributed by atoms with E-state index in [9.17, 15) is 9.59 Å². The summed E-state index contributed by atoms with van der Waals surface area (Å²) in [6.45, 7) is 1.57. The Morgan fingerprint density at radius 1 is 1.35 bits per heavy atom. The fourth-order valence-electron chi connectivity index (χ4n) is 1.31. The lowest BCUT2D eigenvalue weighted by molar-refractivity contribution is -0.113. The van der Waals surface area contributed by atoms with E-state index in [0.29, 0.717) is 10.9 Å². The smallest absolute Gasteiger partial charge is 0.273 e. The fourth-order valence-corrected chi connectivity index (χ4v) is 2.27. The summed E-state index contributed by atoms with van der Waals surface area (Å²) in [6, 6.07) is 7.48. The summed E-state index contributed by atoms with van der Waals surface area (Å²) in [7, 11) is 0. The van der Waals surface area contributed by atoms with E-state index < -0.39 is 0 Å². The molecule has 1 aromatic carbocycles. The Balaban J connectivity index is 1.90. The molecule has 0 aliphatic rings. The van der Waals surface area contributed by atoms with Gasteiger partial charge in [0.05, 0.1) is 5.75 Å². The van der Waals surface area contributed by atoms with Crippen LogP contribution in [0.3, 0.4) is 0 Å². The Bertz CT molecular complexity index is 672. The highest BCUT2D eigenvalue weighted by Gasteiger charge is 2.06. The predicted molar refractivity (Wildman–Crippen MR) is 85.9 cm³/mol. The number of aromatic nitrogens is 3. The Morgan fingerprint density at radius 2 is 2.05 bits per heavy atom. The molecule has 8 heteroatoms. The Kier molecular flexibility index (Phi) is 5.12. The number of H-pyrrole nitrogens is 1. The van der Waals surface area contributed by atoms with Crippen molar-refractivity contribution in [1.29, 1.82) is 0 Å². The van der Waals surface area contributed by atoms with Crippen LogP contribution in [0.5, 0.6) is 0 Å². The van der Waals surface area contributed by atoms with E-state index in [1.54, 1.807) is 6.92 Å². The van der Waals surface area contributed by atoms with Crippen LogP contribution in [0.15, 0.2) is 34.2 Å². The topological polar surface area (TPSA) is 87.7 Å². The number of rotatable bonds is 4. The zero-order valence-corrected chi connectivity index (χ0v) is 13.5. The standard InChI is InChI=1S/C12H11IN4O2S/c1-7-11(19)15-12(17-16-7)20-6-10(18)14-9-4-2-8(13)3-5-9/h2-5H,6H2,1H3,(H,14,18)(H,15,17,19). The first-order chi connectivity index (χ1) is 9.54. The molecule has 0 unspecified atom stereocenters. The molecule has 0 fully saturated rings. The summed E-state index contributed by atoms with van der Waals surface area (Å²) in [4.78, 5) is 25.6. The lowest BCUT2D eigenvalue weighted by Crippen LogP contribution is -2.17. The number of hydrogen-bond acceptors (Lipinski definition) is 5. The van der Waals surface area contributed by atoms with Crippen LogP contribution in [0.2, 0.25) is 0 Å². The third-order valence-electron chi connectivity index (χ3n) is 2.31. The molecular weight excluding hydrogens is 391 g/mol. The molecule has 1 amide bonds. The van der Waals surface area contributed by atoms with Gasteiger partial charge in [0.15, 0.2) is 5.16 Å². The first kappa shape index (κ1) is 15.0. The van der Waals surface area contributed by atoms with Crippen LogP contribution in [-0.2, 0) is 4.79 Å². The van der Waals surface area contributed by atoms with Gasteiger partial charge in [0.1, 0.15) is 5.69 Å². The molecule has 20 heavy (non-hydrogen) atoms. The Hall–Kier alpha value is -1.42. The quantitative estimate of drug-likeness (QED) is 0.602. The molecule has 2 N–H and O–H groups in total. The molecule has 1 heterocycles. The van der Waals surface area contributed by atoms with Crippen LogP contribution >= 0.6 is 34.4 Å². The van der Waals surface area contributed by atoms with Crippen molar-refractivity contribution in [2.45, 2.75) is 12.1 Å². The van der Waals surface area contributed by atoms with Gasteiger partial charge in [-0.3, -0.25) is 14.6 Å². The Morgan fingerprint density at radius 3 is 2.70 bits per heavy atom. The highest BCUT2D eigenvalue weighted by molar-refractivity contribution is 14.1. The maximum atomic E-state index is 11.7. The van der Waals surface area contributed by atoms with E-state index in [-0.39, 0.29) is 17.2 Å². The molecule has 0 bridgehead atoms. The van der Waals surface area contributed by atoms with Gasteiger partial charge in [-0.25, -0.2) is 0 Å². The van der Waals surface area contributed by atoms with Crippen LogP contribution in [0.4, 0.5) is 5.69 Å². The summed E-state index contributed by atoms with van der Waals surface area (Å²) in [5.41, 5.74) is 0.748. The molecule has 0 aliphatic carbocycles. The van der Waals surface area contributed by atoms with Crippen molar-refractivity contribution in [2.75, 3.05) is 11.1 Å². The number of benzene rings is 1. The molecule has 0 radical (unpaired) electrons. The van der Waals surface area contributed by atoms with Gasteiger partial charge in [-0.2, -0.15) is 0 Å². The largest absolute Gasteiger partial charge is 0.325 e. The number of hydrogen-bond donors (Lipinski definition) is 2. The zero-order valence-electron chi connectivity index (χ0n) is 10.5. The lowest BCUT2D eigenvalue weighted by atomic mass is 10.3. The SMILES string of the molecule is Cc1nnc(SCC(=O)Nc2ccc(I)cc2)[nH]c1=O. The molecule has 0 saturated heterocycles. The van der Waals surface area contributed by atoms with Gasteiger partial charge >= 0.3 is 0 Å². The van der Waals surface area contributed by atoms with Crippen molar-refractivity contribution in [2.24, 2.45) is 0 Å². The third kappa shape index (κ3) is 4.30. The van der Waals surface area contributed by atoms with Gasteiger partial charge in [0.25, 0.3) is 5.56 Å². The first-order valence-electron chi connectivity index (χ1n) is 5.66.